The van der Waals surface area contributed by atoms with Gasteiger partial charge in [0, 0.05) is 11.1 Å². The number of para-hydroxylation sites is 2. The Kier molecular flexibility index (Phi) is 13.1. The van der Waals surface area contributed by atoms with E-state index in [9.17, 15) is 14.7 Å². The van der Waals surface area contributed by atoms with Crippen molar-refractivity contribution in [2.45, 2.75) is 102 Å². The maximum absolute atomic E-state index is 12.6. The Balaban J connectivity index is 0.000000205. The van der Waals surface area contributed by atoms with Gasteiger partial charge in [-0.1, -0.05) is 45.0 Å². The van der Waals surface area contributed by atoms with Crippen molar-refractivity contribution in [1.82, 2.24) is 10.1 Å². The summed E-state index contributed by atoms with van der Waals surface area (Å²) in [6.45, 7) is 16.1. The lowest BCUT2D eigenvalue weighted by molar-refractivity contribution is -0.196. The monoisotopic (exact) mass is 952 g/mol. The molecule has 0 radical (unpaired) electrons. The highest BCUT2D eigenvalue weighted by Gasteiger charge is 2.58. The lowest BCUT2D eigenvalue weighted by Crippen LogP contribution is -2.44. The van der Waals surface area contributed by atoms with Crippen molar-refractivity contribution in [2.24, 2.45) is 11.8 Å². The largest absolute Gasteiger partial charge is 0.495 e. The Morgan fingerprint density at radius 1 is 0.784 bits per heavy atom. The number of carbonyl (C=O) groups is 2. The maximum Gasteiger partial charge on any atom is 0.326 e. The second kappa shape index (κ2) is 16.4. The number of cyclic esters (lactones) is 2. The first kappa shape index (κ1) is 40.6. The van der Waals surface area contributed by atoms with Crippen molar-refractivity contribution < 1.29 is 47.7 Å². The molecule has 0 aliphatic carbocycles. The summed E-state index contributed by atoms with van der Waals surface area (Å²) in [5.41, 5.74) is 1.91. The van der Waals surface area contributed by atoms with Crippen LogP contribution in [0.25, 0.3) is 0 Å². The molecule has 4 heterocycles. The summed E-state index contributed by atoms with van der Waals surface area (Å²) in [6.07, 6.45) is -1.06. The summed E-state index contributed by atoms with van der Waals surface area (Å²) >= 11 is 4.46. The number of carbonyl (C=O) groups excluding carboxylic acids is 2. The lowest BCUT2D eigenvalue weighted by Gasteiger charge is -2.37. The van der Waals surface area contributed by atoms with Gasteiger partial charge in [0.05, 0.1) is 59.5 Å². The van der Waals surface area contributed by atoms with E-state index in [2.05, 4.69) is 79.0 Å². The van der Waals surface area contributed by atoms with E-state index in [1.165, 1.54) is 0 Å². The van der Waals surface area contributed by atoms with Crippen LogP contribution in [0.2, 0.25) is 18.1 Å². The minimum atomic E-state index is -1.92. The van der Waals surface area contributed by atoms with Crippen molar-refractivity contribution in [3.05, 3.63) is 54.7 Å². The van der Waals surface area contributed by atoms with Crippen LogP contribution in [0.3, 0.4) is 0 Å². The van der Waals surface area contributed by atoms with Crippen LogP contribution in [0.4, 0.5) is 0 Å². The first-order valence-corrected chi connectivity index (χ1v) is 22.2. The van der Waals surface area contributed by atoms with Crippen LogP contribution in [-0.2, 0) is 46.3 Å². The minimum Gasteiger partial charge on any atom is -0.495 e. The van der Waals surface area contributed by atoms with Gasteiger partial charge in [0.1, 0.15) is 48.0 Å². The van der Waals surface area contributed by atoms with Crippen molar-refractivity contribution in [2.75, 3.05) is 27.4 Å². The van der Waals surface area contributed by atoms with Crippen molar-refractivity contribution in [3.63, 3.8) is 0 Å². The van der Waals surface area contributed by atoms with Gasteiger partial charge in [-0.3, -0.25) is 19.3 Å². The molecule has 282 valence electrons. The highest BCUT2D eigenvalue weighted by molar-refractivity contribution is 14.1. The molecule has 0 bridgehead atoms. The molecular formula is C36H50I2N2O10Si. The smallest absolute Gasteiger partial charge is 0.326 e. The summed E-state index contributed by atoms with van der Waals surface area (Å²) in [6, 6.07) is 10.9. The molecule has 0 spiro atoms. The normalized spacial score (nSPS) is 29.3. The zero-order valence-corrected chi connectivity index (χ0v) is 36.0. The Morgan fingerprint density at radius 2 is 1.22 bits per heavy atom. The standard InChI is InChI=1S/C21H32INO5Si.C15H18INO5/c1-13-17-16(12-26-29(6,7)21(2,3)4)28-23(18(17)20(24)27-13)11-14-9-8-10-15(22)19(14)25-5;1-8-12-11(7-18)22-17(13(12)15(19)21-8)6-9-4-3-5-10(16)14(9)20-2/h8-10,13,16-18H,11-12H2,1-7H3;3-5,8,11-13,18H,6-7H2,1-2H3/t13-,16-,17+,18-;8-,11-,12+,13-/m00/s1. The van der Waals surface area contributed by atoms with Crippen molar-refractivity contribution >= 4 is 65.4 Å². The molecule has 6 rings (SSSR count). The Morgan fingerprint density at radius 3 is 1.63 bits per heavy atom. The number of aliphatic hydroxyl groups is 1. The second-order valence-corrected chi connectivity index (χ2v) is 22.0. The molecule has 1 N–H and O–H groups in total. The van der Waals surface area contributed by atoms with E-state index < -0.39 is 26.5 Å². The molecular weight excluding hydrogens is 902 g/mol. The third kappa shape index (κ3) is 8.40. The summed E-state index contributed by atoms with van der Waals surface area (Å²) in [5, 5.41) is 13.0. The first-order chi connectivity index (χ1) is 24.0. The minimum absolute atomic E-state index is 0.0407. The van der Waals surface area contributed by atoms with E-state index in [0.29, 0.717) is 19.7 Å². The van der Waals surface area contributed by atoms with Gasteiger partial charge in [-0.05, 0) is 89.3 Å². The molecule has 2 aromatic carbocycles. The van der Waals surface area contributed by atoms with Gasteiger partial charge in [0.15, 0.2) is 8.32 Å². The van der Waals surface area contributed by atoms with E-state index in [-0.39, 0.29) is 53.7 Å². The highest BCUT2D eigenvalue weighted by Crippen LogP contribution is 2.43. The number of benzene rings is 2. The molecule has 12 nitrogen and oxygen atoms in total. The number of fused-ring (bicyclic) bond motifs is 2. The van der Waals surface area contributed by atoms with Crippen LogP contribution in [0, 0.1) is 19.0 Å². The van der Waals surface area contributed by atoms with Gasteiger partial charge in [-0.15, -0.1) is 0 Å². The zero-order valence-electron chi connectivity index (χ0n) is 30.7. The molecule has 4 saturated heterocycles. The molecule has 0 unspecified atom stereocenters. The zero-order chi connectivity index (χ0) is 37.4. The number of hydroxylamine groups is 4. The fraction of sp³-hybridized carbons (Fsp3) is 0.611. The number of hydrogen-bond donors (Lipinski definition) is 1. The van der Waals surface area contributed by atoms with E-state index in [0.717, 1.165) is 29.8 Å². The van der Waals surface area contributed by atoms with Crippen LogP contribution < -0.4 is 9.47 Å². The number of aliphatic hydroxyl groups excluding tert-OH is 1. The number of hydrogen-bond acceptors (Lipinski definition) is 12. The second-order valence-electron chi connectivity index (χ2n) is 14.9. The van der Waals surface area contributed by atoms with Crippen molar-refractivity contribution in [1.29, 1.82) is 0 Å². The number of nitrogens with zero attached hydrogens (tertiary/aromatic N) is 2. The molecule has 8 atom stereocenters. The molecule has 15 heteroatoms. The Bertz CT molecular complexity index is 1570. The number of halogens is 2. The molecule has 0 aromatic heterocycles. The molecule has 4 aliphatic rings. The van der Waals surface area contributed by atoms with Crippen LogP contribution in [0.1, 0.15) is 45.7 Å². The van der Waals surface area contributed by atoms with Gasteiger partial charge in [-0.25, -0.2) is 0 Å². The topological polar surface area (TPSA) is 125 Å². The van der Waals surface area contributed by atoms with E-state index in [4.69, 9.17) is 33.0 Å². The van der Waals surface area contributed by atoms with Crippen LogP contribution in [0.5, 0.6) is 11.5 Å². The Labute approximate surface area is 329 Å². The molecule has 2 aromatic rings. The predicted molar refractivity (Wildman–Crippen MR) is 208 cm³/mol. The van der Waals surface area contributed by atoms with Crippen LogP contribution in [0.15, 0.2) is 36.4 Å². The van der Waals surface area contributed by atoms with Crippen LogP contribution >= 0.6 is 45.2 Å². The third-order valence-electron chi connectivity index (χ3n) is 10.7. The van der Waals surface area contributed by atoms with Gasteiger partial charge in [0.25, 0.3) is 0 Å². The number of ether oxygens (including phenoxy) is 4. The van der Waals surface area contributed by atoms with Crippen LogP contribution in [-0.4, -0.2) is 99.4 Å². The Hall–Kier alpha value is -1.58. The van der Waals surface area contributed by atoms with Gasteiger partial charge in [-0.2, -0.15) is 10.1 Å². The van der Waals surface area contributed by atoms with E-state index in [1.54, 1.807) is 24.3 Å². The summed E-state index contributed by atoms with van der Waals surface area (Å²) < 4.78 is 30.3. The van der Waals surface area contributed by atoms with E-state index in [1.807, 2.05) is 50.2 Å². The number of methoxy groups -OCH3 is 2. The summed E-state index contributed by atoms with van der Waals surface area (Å²) in [5.74, 6) is 0.885. The van der Waals surface area contributed by atoms with Gasteiger partial charge >= 0.3 is 11.9 Å². The van der Waals surface area contributed by atoms with Gasteiger partial charge < -0.3 is 28.5 Å². The highest BCUT2D eigenvalue weighted by atomic mass is 127. The number of esters is 2. The summed E-state index contributed by atoms with van der Waals surface area (Å²) in [4.78, 5) is 36.8. The molecule has 51 heavy (non-hydrogen) atoms. The van der Waals surface area contributed by atoms with Crippen molar-refractivity contribution in [3.8, 4) is 11.5 Å². The van der Waals surface area contributed by atoms with Gasteiger partial charge in [0.2, 0.25) is 0 Å². The fourth-order valence-corrected chi connectivity index (χ4v) is 9.53. The first-order valence-electron chi connectivity index (χ1n) is 17.2. The fourth-order valence-electron chi connectivity index (χ4n) is 6.96. The average molecular weight is 953 g/mol. The van der Waals surface area contributed by atoms with E-state index >= 15 is 0 Å². The molecule has 4 fully saturated rings. The molecule has 4 aliphatic heterocycles. The number of rotatable bonds is 10. The third-order valence-corrected chi connectivity index (χ3v) is 16.9. The molecule has 0 saturated carbocycles. The summed E-state index contributed by atoms with van der Waals surface area (Å²) in [7, 11) is 1.37. The maximum atomic E-state index is 12.6. The molecule has 0 amide bonds. The quantitative estimate of drug-likeness (QED) is 0.179. The SMILES string of the molecule is COc1c(I)cccc1CN1O[C@@H](CO)[C@H]2[C@H](C)OC(=O)[C@H]21.COc1c(I)cccc1CN1O[C@@H](CO[Si](C)(C)C(C)(C)C)[C@H]2[C@H](C)OC(=O)[C@H]21. The lowest BCUT2D eigenvalue weighted by atomic mass is 9.93. The average Bonchev–Trinajstić information content (AvgIpc) is 3.78. The predicted octanol–water partition coefficient (Wildman–Crippen LogP) is 5.71.